The van der Waals surface area contributed by atoms with Crippen LogP contribution < -0.4 is 19.5 Å². The Morgan fingerprint density at radius 1 is 0.966 bits per heavy atom. The molecule has 3 aromatic rings. The fourth-order valence-corrected chi connectivity index (χ4v) is 3.03. The zero-order valence-corrected chi connectivity index (χ0v) is 17.1. The Labute approximate surface area is 172 Å². The predicted molar refractivity (Wildman–Crippen MR) is 108 cm³/mol. The first-order valence-corrected chi connectivity index (χ1v) is 9.69. The first-order chi connectivity index (χ1) is 14.1. The van der Waals surface area contributed by atoms with Gasteiger partial charge in [-0.15, -0.1) is 10.2 Å². The first-order valence-electron chi connectivity index (χ1n) is 8.70. The Bertz CT molecular complexity index is 937. The van der Waals surface area contributed by atoms with Crippen LogP contribution in [0.5, 0.6) is 17.2 Å². The van der Waals surface area contributed by atoms with E-state index in [9.17, 15) is 4.79 Å². The molecule has 152 valence electrons. The molecule has 0 saturated carbocycles. The zero-order chi connectivity index (χ0) is 20.6. The number of ether oxygens (including phenoxy) is 3. The van der Waals surface area contributed by atoms with Gasteiger partial charge in [-0.3, -0.25) is 4.79 Å². The molecule has 1 amide bonds. The highest BCUT2D eigenvalue weighted by Crippen LogP contribution is 2.30. The molecule has 29 heavy (non-hydrogen) atoms. The van der Waals surface area contributed by atoms with E-state index in [1.165, 1.54) is 11.8 Å². The van der Waals surface area contributed by atoms with Crippen molar-refractivity contribution in [1.82, 2.24) is 15.5 Å². The molecule has 0 aliphatic rings. The zero-order valence-electron chi connectivity index (χ0n) is 16.3. The van der Waals surface area contributed by atoms with Crippen LogP contribution in [0, 0.1) is 0 Å². The maximum absolute atomic E-state index is 12.1. The van der Waals surface area contributed by atoms with Crippen LogP contribution in [0.15, 0.2) is 52.1 Å². The van der Waals surface area contributed by atoms with E-state index in [-0.39, 0.29) is 11.7 Å². The second kappa shape index (κ2) is 9.83. The lowest BCUT2D eigenvalue weighted by molar-refractivity contribution is -0.118. The molecule has 0 fully saturated rings. The van der Waals surface area contributed by atoms with E-state index >= 15 is 0 Å². The lowest BCUT2D eigenvalue weighted by Crippen LogP contribution is -2.24. The molecule has 0 radical (unpaired) electrons. The minimum absolute atomic E-state index is 0.131. The number of thioether (sulfide) groups is 1. The van der Waals surface area contributed by atoms with E-state index in [1.807, 2.05) is 24.3 Å². The number of nitrogens with zero attached hydrogens (tertiary/aromatic N) is 2. The van der Waals surface area contributed by atoms with Crippen LogP contribution in [0.2, 0.25) is 0 Å². The number of hydrogen-bond donors (Lipinski definition) is 1. The van der Waals surface area contributed by atoms with Crippen molar-refractivity contribution >= 4 is 17.7 Å². The van der Waals surface area contributed by atoms with Gasteiger partial charge in [0, 0.05) is 18.2 Å². The Hall–Kier alpha value is -3.20. The number of carbonyl (C=O) groups is 1. The average molecular weight is 415 g/mol. The van der Waals surface area contributed by atoms with E-state index in [1.54, 1.807) is 39.5 Å². The van der Waals surface area contributed by atoms with Crippen LogP contribution in [0.4, 0.5) is 0 Å². The van der Waals surface area contributed by atoms with Gasteiger partial charge in [-0.25, -0.2) is 0 Å². The smallest absolute Gasteiger partial charge is 0.277 e. The summed E-state index contributed by atoms with van der Waals surface area (Å²) in [7, 11) is 4.75. The summed E-state index contributed by atoms with van der Waals surface area (Å²) in [5.41, 5.74) is 1.65. The third kappa shape index (κ3) is 5.64. The molecule has 8 nitrogen and oxygen atoms in total. The molecule has 0 aliphatic heterocycles. The number of nitrogens with one attached hydrogen (secondary N) is 1. The van der Waals surface area contributed by atoms with Gasteiger partial charge >= 0.3 is 0 Å². The molecule has 3 rings (SSSR count). The van der Waals surface area contributed by atoms with Crippen molar-refractivity contribution in [2.45, 2.75) is 11.8 Å². The number of benzene rings is 2. The number of carbonyl (C=O) groups excluding carboxylic acids is 1. The van der Waals surface area contributed by atoms with Crippen molar-refractivity contribution in [3.63, 3.8) is 0 Å². The summed E-state index contributed by atoms with van der Waals surface area (Å²) < 4.78 is 21.2. The molecule has 0 spiro atoms. The van der Waals surface area contributed by atoms with Crippen molar-refractivity contribution in [2.24, 2.45) is 0 Å². The van der Waals surface area contributed by atoms with Gasteiger partial charge in [-0.05, 0) is 29.8 Å². The van der Waals surface area contributed by atoms with E-state index in [4.69, 9.17) is 18.6 Å². The monoisotopic (exact) mass is 415 g/mol. The molecule has 1 N–H and O–H groups in total. The molecule has 1 aromatic heterocycles. The van der Waals surface area contributed by atoms with Gasteiger partial charge in [0.2, 0.25) is 11.8 Å². The maximum atomic E-state index is 12.1. The van der Waals surface area contributed by atoms with E-state index in [0.29, 0.717) is 34.7 Å². The minimum Gasteiger partial charge on any atom is -0.497 e. The summed E-state index contributed by atoms with van der Waals surface area (Å²) in [5, 5.41) is 11.2. The van der Waals surface area contributed by atoms with Gasteiger partial charge in [-0.1, -0.05) is 23.9 Å². The van der Waals surface area contributed by atoms with Crippen molar-refractivity contribution in [3.05, 3.63) is 48.0 Å². The normalized spacial score (nSPS) is 10.4. The third-order valence-corrected chi connectivity index (χ3v) is 4.80. The second-order valence-electron chi connectivity index (χ2n) is 5.89. The van der Waals surface area contributed by atoms with Crippen LogP contribution in [0.1, 0.15) is 5.56 Å². The van der Waals surface area contributed by atoms with E-state index in [2.05, 4.69) is 15.5 Å². The largest absolute Gasteiger partial charge is 0.497 e. The summed E-state index contributed by atoms with van der Waals surface area (Å²) >= 11 is 1.17. The molecular weight excluding hydrogens is 394 g/mol. The Kier molecular flexibility index (Phi) is 6.96. The highest BCUT2D eigenvalue weighted by molar-refractivity contribution is 7.99. The summed E-state index contributed by atoms with van der Waals surface area (Å²) in [4.78, 5) is 12.1. The van der Waals surface area contributed by atoms with Crippen LogP contribution in [-0.2, 0) is 11.3 Å². The summed E-state index contributed by atoms with van der Waals surface area (Å²) in [6.07, 6.45) is 0. The summed E-state index contributed by atoms with van der Waals surface area (Å²) in [5.74, 6) is 2.36. The molecule has 0 unspecified atom stereocenters. The van der Waals surface area contributed by atoms with Gasteiger partial charge in [0.05, 0.1) is 27.1 Å². The van der Waals surface area contributed by atoms with Crippen molar-refractivity contribution < 1.29 is 23.4 Å². The van der Waals surface area contributed by atoms with Crippen LogP contribution >= 0.6 is 11.8 Å². The number of hydrogen-bond acceptors (Lipinski definition) is 8. The Balaban J connectivity index is 1.54. The molecule has 2 aromatic carbocycles. The maximum Gasteiger partial charge on any atom is 0.277 e. The highest BCUT2D eigenvalue weighted by atomic mass is 32.2. The van der Waals surface area contributed by atoms with Crippen LogP contribution in [0.25, 0.3) is 11.5 Å². The number of methoxy groups -OCH3 is 3. The van der Waals surface area contributed by atoms with Crippen molar-refractivity contribution in [2.75, 3.05) is 27.1 Å². The Morgan fingerprint density at radius 3 is 2.24 bits per heavy atom. The van der Waals surface area contributed by atoms with Crippen molar-refractivity contribution in [1.29, 1.82) is 0 Å². The Morgan fingerprint density at radius 2 is 1.62 bits per heavy atom. The molecule has 0 bridgehead atoms. The van der Waals surface area contributed by atoms with Gasteiger partial charge < -0.3 is 23.9 Å². The lowest BCUT2D eigenvalue weighted by Gasteiger charge is -2.06. The second-order valence-corrected chi connectivity index (χ2v) is 6.81. The summed E-state index contributed by atoms with van der Waals surface area (Å²) in [6.45, 7) is 0.433. The standard InChI is InChI=1S/C20H21N3O5S/c1-25-15-6-4-13(5-7-15)11-21-18(24)12-29-20-23-22-19(28-20)14-8-16(26-2)10-17(9-14)27-3/h4-10H,11-12H2,1-3H3,(H,21,24). The van der Waals surface area contributed by atoms with E-state index in [0.717, 1.165) is 11.3 Å². The summed E-state index contributed by atoms with van der Waals surface area (Å²) in [6, 6.07) is 12.8. The van der Waals surface area contributed by atoms with E-state index < -0.39 is 0 Å². The molecule has 0 aliphatic carbocycles. The predicted octanol–water partition coefficient (Wildman–Crippen LogP) is 3.17. The lowest BCUT2D eigenvalue weighted by atomic mass is 10.2. The van der Waals surface area contributed by atoms with Crippen LogP contribution in [-0.4, -0.2) is 43.2 Å². The molecule has 1 heterocycles. The topological polar surface area (TPSA) is 95.7 Å². The quantitative estimate of drug-likeness (QED) is 0.533. The SMILES string of the molecule is COc1ccc(CNC(=O)CSc2nnc(-c3cc(OC)cc(OC)c3)o2)cc1. The molecule has 9 heteroatoms. The first kappa shape index (κ1) is 20.5. The highest BCUT2D eigenvalue weighted by Gasteiger charge is 2.13. The third-order valence-electron chi connectivity index (χ3n) is 3.98. The minimum atomic E-state index is -0.131. The van der Waals surface area contributed by atoms with Gasteiger partial charge in [0.25, 0.3) is 5.22 Å². The fraction of sp³-hybridized carbons (Fsp3) is 0.250. The van der Waals surface area contributed by atoms with Gasteiger partial charge in [0.15, 0.2) is 0 Å². The van der Waals surface area contributed by atoms with Crippen molar-refractivity contribution in [3.8, 4) is 28.7 Å². The molecule has 0 saturated heterocycles. The molecular formula is C20H21N3O5S. The number of amides is 1. The number of aromatic nitrogens is 2. The van der Waals surface area contributed by atoms with Gasteiger partial charge in [0.1, 0.15) is 17.2 Å². The fourth-order valence-electron chi connectivity index (χ4n) is 2.44. The average Bonchev–Trinajstić information content (AvgIpc) is 3.25. The molecule has 0 atom stereocenters. The van der Waals surface area contributed by atoms with Gasteiger partial charge in [-0.2, -0.15) is 0 Å². The van der Waals surface area contributed by atoms with Crippen LogP contribution in [0.3, 0.4) is 0 Å². The number of rotatable bonds is 9.